The normalized spacial score (nSPS) is 13.7. The Kier molecular flexibility index (Phi) is 5.14. The minimum atomic E-state index is 0.229. The molecular weight excluding hydrogens is 406 g/mol. The molecule has 0 saturated carbocycles. The van der Waals surface area contributed by atoms with Crippen molar-refractivity contribution in [2.75, 3.05) is 42.8 Å². The molecule has 0 atom stereocenters. The second-order valence-electron chi connectivity index (χ2n) is 7.69. The summed E-state index contributed by atoms with van der Waals surface area (Å²) in [5.74, 6) is 2.67. The average Bonchev–Trinajstić information content (AvgIpc) is 3.21. The van der Waals surface area contributed by atoms with Crippen LogP contribution in [0.3, 0.4) is 0 Å². The van der Waals surface area contributed by atoms with Gasteiger partial charge in [0.15, 0.2) is 5.65 Å². The number of hydrogen-bond donors (Lipinski definition) is 2. The smallest absolute Gasteiger partial charge is 0.224 e. The molecule has 5 rings (SSSR count). The predicted molar refractivity (Wildman–Crippen MR) is 124 cm³/mol. The van der Waals surface area contributed by atoms with E-state index in [4.69, 9.17) is 15.2 Å². The minimum Gasteiger partial charge on any atom is -0.497 e. The first-order chi connectivity index (χ1) is 15.7. The van der Waals surface area contributed by atoms with Crippen LogP contribution in [0.15, 0.2) is 48.7 Å². The van der Waals surface area contributed by atoms with Crippen molar-refractivity contribution in [3.63, 3.8) is 0 Å². The highest BCUT2D eigenvalue weighted by molar-refractivity contribution is 5.87. The van der Waals surface area contributed by atoms with Crippen LogP contribution >= 0.6 is 0 Å². The Bertz CT molecular complexity index is 1260. The van der Waals surface area contributed by atoms with Crippen LogP contribution in [0.4, 0.5) is 17.5 Å². The van der Waals surface area contributed by atoms with Crippen molar-refractivity contribution in [1.82, 2.24) is 20.2 Å². The lowest BCUT2D eigenvalue weighted by Crippen LogP contribution is -2.32. The Morgan fingerprint density at radius 2 is 1.94 bits per heavy atom. The summed E-state index contributed by atoms with van der Waals surface area (Å²) in [6.07, 6.45) is 1.75. The first-order valence-corrected chi connectivity index (χ1v) is 10.4. The Labute approximate surface area is 185 Å². The van der Waals surface area contributed by atoms with Crippen LogP contribution in [0, 0.1) is 0 Å². The second kappa shape index (κ2) is 8.26. The summed E-state index contributed by atoms with van der Waals surface area (Å²) in [6, 6.07) is 14.3. The predicted octanol–water partition coefficient (Wildman–Crippen LogP) is 2.98. The Morgan fingerprint density at radius 3 is 2.78 bits per heavy atom. The van der Waals surface area contributed by atoms with Crippen LogP contribution in [0.25, 0.3) is 11.0 Å². The van der Waals surface area contributed by atoms with Crippen LogP contribution in [0.2, 0.25) is 0 Å². The topological polar surface area (TPSA) is 105 Å². The summed E-state index contributed by atoms with van der Waals surface area (Å²) in [5.41, 5.74) is 10.1. The fourth-order valence-corrected chi connectivity index (χ4v) is 4.23. The average molecular weight is 432 g/mol. The van der Waals surface area contributed by atoms with Gasteiger partial charge in [-0.1, -0.05) is 18.2 Å². The largest absolute Gasteiger partial charge is 0.497 e. The lowest BCUT2D eigenvalue weighted by atomic mass is 10.1. The molecule has 2 aromatic heterocycles. The summed E-state index contributed by atoms with van der Waals surface area (Å²) >= 11 is 0. The lowest BCUT2D eigenvalue weighted by Gasteiger charge is -2.26. The molecule has 4 aromatic rings. The van der Waals surface area contributed by atoms with Crippen LogP contribution in [0.5, 0.6) is 11.5 Å². The standard InChI is InChI=1S/C23H25N7O2/c1-31-17-7-8-20(32-2)16(11-17)14-29-9-10-30(13-15-5-3-4-6-19(15)29)22-18-12-25-28-21(18)26-23(24)27-22/h3-8,11-12H,9-10,13-14H2,1-2H3,(H3,24,25,26,27,28). The Hall–Kier alpha value is -4.01. The molecule has 9 heteroatoms. The number of para-hydroxylation sites is 1. The van der Waals surface area contributed by atoms with Crippen molar-refractivity contribution in [3.05, 3.63) is 59.8 Å². The number of aromatic amines is 1. The van der Waals surface area contributed by atoms with Gasteiger partial charge in [-0.05, 0) is 29.8 Å². The van der Waals surface area contributed by atoms with E-state index in [-0.39, 0.29) is 5.95 Å². The maximum Gasteiger partial charge on any atom is 0.224 e. The maximum absolute atomic E-state index is 5.98. The first-order valence-electron chi connectivity index (χ1n) is 10.4. The van der Waals surface area contributed by atoms with Crippen molar-refractivity contribution in [1.29, 1.82) is 0 Å². The summed E-state index contributed by atoms with van der Waals surface area (Å²) in [4.78, 5) is 13.4. The van der Waals surface area contributed by atoms with E-state index in [1.165, 1.54) is 11.3 Å². The zero-order valence-electron chi connectivity index (χ0n) is 18.1. The fourth-order valence-electron chi connectivity index (χ4n) is 4.23. The van der Waals surface area contributed by atoms with Gasteiger partial charge in [0.25, 0.3) is 0 Å². The molecule has 3 heterocycles. The van der Waals surface area contributed by atoms with Crippen LogP contribution < -0.4 is 25.0 Å². The number of rotatable bonds is 5. The SMILES string of the molecule is COc1ccc(OC)c(CN2CCN(c3nc(N)nc4[nH]ncc34)Cc3ccccc32)c1. The molecule has 0 fully saturated rings. The van der Waals surface area contributed by atoms with Crippen LogP contribution in [-0.2, 0) is 13.1 Å². The maximum atomic E-state index is 5.98. The van der Waals surface area contributed by atoms with Gasteiger partial charge in [0, 0.05) is 37.4 Å². The van der Waals surface area contributed by atoms with Gasteiger partial charge >= 0.3 is 0 Å². The molecule has 0 spiro atoms. The number of aromatic nitrogens is 4. The number of H-pyrrole nitrogens is 1. The lowest BCUT2D eigenvalue weighted by molar-refractivity contribution is 0.398. The molecule has 0 aliphatic carbocycles. The van der Waals surface area contributed by atoms with E-state index in [1.807, 2.05) is 18.2 Å². The fraction of sp³-hybridized carbons (Fsp3) is 0.261. The quantitative estimate of drug-likeness (QED) is 0.497. The molecule has 1 aliphatic rings. The van der Waals surface area contributed by atoms with Crippen molar-refractivity contribution in [2.24, 2.45) is 0 Å². The number of nitrogens with zero attached hydrogens (tertiary/aromatic N) is 5. The second-order valence-corrected chi connectivity index (χ2v) is 7.69. The van der Waals surface area contributed by atoms with Gasteiger partial charge in [-0.3, -0.25) is 5.10 Å². The van der Waals surface area contributed by atoms with E-state index in [1.54, 1.807) is 20.4 Å². The number of ether oxygens (including phenoxy) is 2. The summed E-state index contributed by atoms with van der Waals surface area (Å²) < 4.78 is 11.1. The summed E-state index contributed by atoms with van der Waals surface area (Å²) in [5, 5.41) is 7.88. The number of nitrogens with one attached hydrogen (secondary N) is 1. The van der Waals surface area contributed by atoms with E-state index in [0.29, 0.717) is 18.7 Å². The van der Waals surface area contributed by atoms with Gasteiger partial charge in [-0.2, -0.15) is 15.1 Å². The molecule has 9 nitrogen and oxygen atoms in total. The highest BCUT2D eigenvalue weighted by atomic mass is 16.5. The third-order valence-electron chi connectivity index (χ3n) is 5.79. The van der Waals surface area contributed by atoms with Crippen molar-refractivity contribution in [3.8, 4) is 11.5 Å². The van der Waals surface area contributed by atoms with Gasteiger partial charge in [0.2, 0.25) is 5.95 Å². The van der Waals surface area contributed by atoms with Crippen LogP contribution in [0.1, 0.15) is 11.1 Å². The Balaban J connectivity index is 1.51. The summed E-state index contributed by atoms with van der Waals surface area (Å²) in [6.45, 7) is 2.95. The molecule has 0 radical (unpaired) electrons. The number of anilines is 3. The molecule has 0 saturated heterocycles. The van der Waals surface area contributed by atoms with E-state index < -0.39 is 0 Å². The van der Waals surface area contributed by atoms with Gasteiger partial charge in [0.05, 0.1) is 25.8 Å². The zero-order chi connectivity index (χ0) is 22.1. The van der Waals surface area contributed by atoms with Gasteiger partial charge < -0.3 is 25.0 Å². The van der Waals surface area contributed by atoms with Gasteiger partial charge in [-0.25, -0.2) is 0 Å². The molecule has 2 aromatic carbocycles. The van der Waals surface area contributed by atoms with Gasteiger partial charge in [-0.15, -0.1) is 0 Å². The van der Waals surface area contributed by atoms with Crippen molar-refractivity contribution >= 4 is 28.5 Å². The minimum absolute atomic E-state index is 0.229. The molecule has 0 unspecified atom stereocenters. The number of benzene rings is 2. The first kappa shape index (κ1) is 19.9. The van der Waals surface area contributed by atoms with E-state index >= 15 is 0 Å². The number of fused-ring (bicyclic) bond motifs is 2. The number of nitrogens with two attached hydrogens (primary N) is 1. The molecule has 0 amide bonds. The molecular formula is C23H25N7O2. The van der Waals surface area contributed by atoms with Crippen molar-refractivity contribution < 1.29 is 9.47 Å². The zero-order valence-corrected chi connectivity index (χ0v) is 18.1. The molecule has 3 N–H and O–H groups in total. The number of methoxy groups -OCH3 is 2. The number of nitrogen functional groups attached to an aromatic ring is 1. The van der Waals surface area contributed by atoms with E-state index in [2.05, 4.69) is 54.2 Å². The number of hydrogen-bond acceptors (Lipinski definition) is 8. The molecule has 164 valence electrons. The summed E-state index contributed by atoms with van der Waals surface area (Å²) in [7, 11) is 3.37. The van der Waals surface area contributed by atoms with Crippen molar-refractivity contribution in [2.45, 2.75) is 13.1 Å². The monoisotopic (exact) mass is 431 g/mol. The Morgan fingerprint density at radius 1 is 1.06 bits per heavy atom. The van der Waals surface area contributed by atoms with Gasteiger partial charge in [0.1, 0.15) is 17.3 Å². The highest BCUT2D eigenvalue weighted by Crippen LogP contribution is 2.33. The highest BCUT2D eigenvalue weighted by Gasteiger charge is 2.24. The van der Waals surface area contributed by atoms with E-state index in [0.717, 1.165) is 41.4 Å². The van der Waals surface area contributed by atoms with Crippen LogP contribution in [-0.4, -0.2) is 47.5 Å². The molecule has 1 aliphatic heterocycles. The van der Waals surface area contributed by atoms with E-state index in [9.17, 15) is 0 Å². The molecule has 32 heavy (non-hydrogen) atoms. The molecule has 0 bridgehead atoms. The third kappa shape index (κ3) is 3.62. The third-order valence-corrected chi connectivity index (χ3v) is 5.79.